The van der Waals surface area contributed by atoms with Crippen molar-refractivity contribution in [3.05, 3.63) is 0 Å². The maximum absolute atomic E-state index is 5.94. The fourth-order valence-electron chi connectivity index (χ4n) is 2.98. The zero-order valence-corrected chi connectivity index (χ0v) is 9.87. The summed E-state index contributed by atoms with van der Waals surface area (Å²) in [7, 11) is 0. The maximum atomic E-state index is 5.94. The van der Waals surface area contributed by atoms with Crippen LogP contribution in [-0.4, -0.2) is 42.8 Å². The lowest BCUT2D eigenvalue weighted by molar-refractivity contribution is -0.0577. The smallest absolute Gasteiger partial charge is 0.0702 e. The summed E-state index contributed by atoms with van der Waals surface area (Å²) in [6.45, 7) is 6.08. The van der Waals surface area contributed by atoms with Crippen LogP contribution in [0.5, 0.6) is 0 Å². The standard InChI is InChI=1S/C12H24N2O/c1-2-15-11-5-3-8-14(9-11)12(10-13)6-4-7-12/h11H,2-10,13H2,1H3. The summed E-state index contributed by atoms with van der Waals surface area (Å²) in [5.41, 5.74) is 6.28. The van der Waals surface area contributed by atoms with Crippen LogP contribution in [0.1, 0.15) is 39.0 Å². The van der Waals surface area contributed by atoms with Gasteiger partial charge in [-0.3, -0.25) is 4.90 Å². The van der Waals surface area contributed by atoms with Crippen LogP contribution in [-0.2, 0) is 4.74 Å². The van der Waals surface area contributed by atoms with Gasteiger partial charge in [-0.05, 0) is 45.6 Å². The van der Waals surface area contributed by atoms with Gasteiger partial charge in [0.05, 0.1) is 6.10 Å². The van der Waals surface area contributed by atoms with Crippen LogP contribution in [0.4, 0.5) is 0 Å². The third-order valence-electron chi connectivity index (χ3n) is 4.12. The van der Waals surface area contributed by atoms with Gasteiger partial charge >= 0.3 is 0 Å². The topological polar surface area (TPSA) is 38.5 Å². The molecule has 1 aliphatic heterocycles. The Morgan fingerprint density at radius 1 is 1.40 bits per heavy atom. The first kappa shape index (κ1) is 11.4. The summed E-state index contributed by atoms with van der Waals surface area (Å²) < 4.78 is 5.74. The van der Waals surface area contributed by atoms with Gasteiger partial charge in [-0.2, -0.15) is 0 Å². The first-order valence-corrected chi connectivity index (χ1v) is 6.37. The van der Waals surface area contributed by atoms with Gasteiger partial charge in [0, 0.05) is 25.2 Å². The summed E-state index contributed by atoms with van der Waals surface area (Å²) in [6, 6.07) is 0. The molecule has 0 bridgehead atoms. The number of nitrogens with two attached hydrogens (primary N) is 1. The van der Waals surface area contributed by atoms with Gasteiger partial charge in [-0.15, -0.1) is 0 Å². The maximum Gasteiger partial charge on any atom is 0.0702 e. The van der Waals surface area contributed by atoms with Crippen molar-refractivity contribution in [2.24, 2.45) is 5.73 Å². The molecular weight excluding hydrogens is 188 g/mol. The van der Waals surface area contributed by atoms with E-state index in [4.69, 9.17) is 10.5 Å². The Morgan fingerprint density at radius 2 is 2.20 bits per heavy atom. The number of likely N-dealkylation sites (tertiary alicyclic amines) is 1. The highest BCUT2D eigenvalue weighted by molar-refractivity contribution is 5.00. The van der Waals surface area contributed by atoms with Crippen molar-refractivity contribution in [2.75, 3.05) is 26.2 Å². The molecule has 1 unspecified atom stereocenters. The van der Waals surface area contributed by atoms with Gasteiger partial charge in [0.15, 0.2) is 0 Å². The molecule has 3 heteroatoms. The van der Waals surface area contributed by atoms with Crippen LogP contribution in [0.15, 0.2) is 0 Å². The summed E-state index contributed by atoms with van der Waals surface area (Å²) in [5, 5.41) is 0. The monoisotopic (exact) mass is 212 g/mol. The van der Waals surface area contributed by atoms with E-state index in [1.807, 2.05) is 0 Å². The molecule has 1 heterocycles. The van der Waals surface area contributed by atoms with E-state index in [0.29, 0.717) is 11.6 Å². The molecule has 2 rings (SSSR count). The molecule has 0 aromatic carbocycles. The van der Waals surface area contributed by atoms with E-state index in [1.54, 1.807) is 0 Å². The van der Waals surface area contributed by atoms with Crippen LogP contribution in [0.2, 0.25) is 0 Å². The van der Waals surface area contributed by atoms with E-state index in [2.05, 4.69) is 11.8 Å². The largest absolute Gasteiger partial charge is 0.377 e. The number of hydrogen-bond acceptors (Lipinski definition) is 3. The van der Waals surface area contributed by atoms with Gasteiger partial charge in [0.2, 0.25) is 0 Å². The molecule has 0 amide bonds. The highest BCUT2D eigenvalue weighted by Gasteiger charge is 2.42. The van der Waals surface area contributed by atoms with E-state index in [9.17, 15) is 0 Å². The lowest BCUT2D eigenvalue weighted by atomic mass is 9.74. The first-order valence-electron chi connectivity index (χ1n) is 6.37. The Labute approximate surface area is 93.0 Å². The van der Waals surface area contributed by atoms with Crippen molar-refractivity contribution >= 4 is 0 Å². The van der Waals surface area contributed by atoms with Gasteiger partial charge < -0.3 is 10.5 Å². The number of rotatable bonds is 4. The number of piperidine rings is 1. The molecule has 2 aliphatic rings. The number of ether oxygens (including phenoxy) is 1. The summed E-state index contributed by atoms with van der Waals surface area (Å²) >= 11 is 0. The zero-order chi connectivity index (χ0) is 10.7. The molecule has 1 atom stereocenters. The molecule has 0 aromatic heterocycles. The quantitative estimate of drug-likeness (QED) is 0.765. The minimum atomic E-state index is 0.343. The van der Waals surface area contributed by atoms with Gasteiger partial charge in [0.1, 0.15) is 0 Å². The van der Waals surface area contributed by atoms with E-state index in [-0.39, 0.29) is 0 Å². The van der Waals surface area contributed by atoms with Crippen molar-refractivity contribution < 1.29 is 4.74 Å². The van der Waals surface area contributed by atoms with Crippen LogP contribution in [0.25, 0.3) is 0 Å². The molecular formula is C12H24N2O. The lowest BCUT2D eigenvalue weighted by Gasteiger charge is -2.52. The van der Waals surface area contributed by atoms with Crippen molar-refractivity contribution in [1.82, 2.24) is 4.90 Å². The van der Waals surface area contributed by atoms with Crippen molar-refractivity contribution in [2.45, 2.75) is 50.7 Å². The fraction of sp³-hybridized carbons (Fsp3) is 1.00. The number of hydrogen-bond donors (Lipinski definition) is 1. The van der Waals surface area contributed by atoms with Crippen molar-refractivity contribution in [1.29, 1.82) is 0 Å². The lowest BCUT2D eigenvalue weighted by Crippen LogP contribution is -2.61. The Kier molecular flexibility index (Phi) is 3.65. The Balaban J connectivity index is 1.91. The van der Waals surface area contributed by atoms with E-state index < -0.39 is 0 Å². The summed E-state index contributed by atoms with van der Waals surface area (Å²) in [6.07, 6.45) is 6.89. The Morgan fingerprint density at radius 3 is 2.73 bits per heavy atom. The van der Waals surface area contributed by atoms with Crippen LogP contribution >= 0.6 is 0 Å². The van der Waals surface area contributed by atoms with Gasteiger partial charge in [-0.25, -0.2) is 0 Å². The molecule has 15 heavy (non-hydrogen) atoms. The predicted octanol–water partition coefficient (Wildman–Crippen LogP) is 1.37. The predicted molar refractivity (Wildman–Crippen MR) is 61.9 cm³/mol. The second-order valence-electron chi connectivity index (χ2n) is 4.95. The average Bonchev–Trinajstić information content (AvgIpc) is 2.18. The van der Waals surface area contributed by atoms with E-state index in [0.717, 1.165) is 19.7 Å². The van der Waals surface area contributed by atoms with Crippen molar-refractivity contribution in [3.63, 3.8) is 0 Å². The average molecular weight is 212 g/mol. The zero-order valence-electron chi connectivity index (χ0n) is 9.87. The van der Waals surface area contributed by atoms with Crippen LogP contribution in [0.3, 0.4) is 0 Å². The molecule has 0 radical (unpaired) electrons. The van der Waals surface area contributed by atoms with Crippen LogP contribution in [0, 0.1) is 0 Å². The Hall–Kier alpha value is -0.120. The summed E-state index contributed by atoms with van der Waals surface area (Å²) in [4.78, 5) is 2.60. The van der Waals surface area contributed by atoms with Crippen molar-refractivity contribution in [3.8, 4) is 0 Å². The SMILES string of the molecule is CCOC1CCCN(C2(CN)CCC2)C1. The van der Waals surface area contributed by atoms with Crippen LogP contribution < -0.4 is 5.73 Å². The molecule has 1 saturated heterocycles. The molecule has 2 fully saturated rings. The highest BCUT2D eigenvalue weighted by atomic mass is 16.5. The molecule has 2 N–H and O–H groups in total. The normalized spacial score (nSPS) is 31.2. The molecule has 0 spiro atoms. The fourth-order valence-corrected chi connectivity index (χ4v) is 2.98. The number of nitrogens with zero attached hydrogens (tertiary/aromatic N) is 1. The molecule has 3 nitrogen and oxygen atoms in total. The second-order valence-corrected chi connectivity index (χ2v) is 4.95. The molecule has 1 aliphatic carbocycles. The third-order valence-corrected chi connectivity index (χ3v) is 4.12. The minimum absolute atomic E-state index is 0.343. The summed E-state index contributed by atoms with van der Waals surface area (Å²) in [5.74, 6) is 0. The van der Waals surface area contributed by atoms with E-state index in [1.165, 1.54) is 38.6 Å². The van der Waals surface area contributed by atoms with Gasteiger partial charge in [-0.1, -0.05) is 0 Å². The highest BCUT2D eigenvalue weighted by Crippen LogP contribution is 2.38. The van der Waals surface area contributed by atoms with E-state index >= 15 is 0 Å². The first-order chi connectivity index (χ1) is 7.30. The molecule has 88 valence electrons. The second kappa shape index (κ2) is 4.81. The molecule has 0 aromatic rings. The Bertz CT molecular complexity index is 196. The van der Waals surface area contributed by atoms with Gasteiger partial charge in [0.25, 0.3) is 0 Å². The minimum Gasteiger partial charge on any atom is -0.377 e. The third kappa shape index (κ3) is 2.19. The molecule has 1 saturated carbocycles.